The zero-order valence-electron chi connectivity index (χ0n) is 16.0. The number of benzene rings is 2. The Morgan fingerprint density at radius 2 is 1.88 bits per heavy atom. The number of phenolic OH excluding ortho intramolecular Hbond substituents is 1. The third-order valence-electron chi connectivity index (χ3n) is 4.28. The molecular weight excluding hydrogens is 326 g/mol. The molecule has 0 spiro atoms. The Bertz CT molecular complexity index is 727. The van der Waals surface area contributed by atoms with Crippen LogP contribution < -0.4 is 15.4 Å². The monoisotopic (exact) mass is 355 g/mol. The third kappa shape index (κ3) is 5.41. The van der Waals surface area contributed by atoms with E-state index in [0.29, 0.717) is 18.2 Å². The summed E-state index contributed by atoms with van der Waals surface area (Å²) in [7, 11) is 1.54. The van der Waals surface area contributed by atoms with Crippen LogP contribution in [-0.4, -0.2) is 31.3 Å². The number of ether oxygens (including phenoxy) is 1. The zero-order valence-corrected chi connectivity index (χ0v) is 16.0. The van der Waals surface area contributed by atoms with E-state index < -0.39 is 0 Å². The number of phenols is 1. The second kappa shape index (κ2) is 9.70. The van der Waals surface area contributed by atoms with Crippen molar-refractivity contribution in [3.63, 3.8) is 0 Å². The van der Waals surface area contributed by atoms with Gasteiger partial charge in [0.2, 0.25) is 0 Å². The van der Waals surface area contributed by atoms with Gasteiger partial charge in [0.05, 0.1) is 13.7 Å². The van der Waals surface area contributed by atoms with Gasteiger partial charge in [-0.1, -0.05) is 48.9 Å². The van der Waals surface area contributed by atoms with Crippen LogP contribution in [0.5, 0.6) is 11.5 Å². The summed E-state index contributed by atoms with van der Waals surface area (Å²) in [5.74, 6) is 1.70. The fourth-order valence-electron chi connectivity index (χ4n) is 2.63. The van der Waals surface area contributed by atoms with Crippen molar-refractivity contribution in [2.45, 2.75) is 33.2 Å². The van der Waals surface area contributed by atoms with Crippen LogP contribution in [0.1, 0.15) is 36.5 Å². The molecule has 0 bridgehead atoms. The highest BCUT2D eigenvalue weighted by atomic mass is 16.5. The molecule has 5 nitrogen and oxygen atoms in total. The maximum Gasteiger partial charge on any atom is 0.191 e. The number of hydrogen-bond donors (Lipinski definition) is 3. The van der Waals surface area contributed by atoms with Crippen molar-refractivity contribution >= 4 is 5.96 Å². The lowest BCUT2D eigenvalue weighted by Gasteiger charge is -2.16. The van der Waals surface area contributed by atoms with Crippen molar-refractivity contribution in [2.75, 3.05) is 20.2 Å². The van der Waals surface area contributed by atoms with E-state index in [0.717, 1.165) is 24.6 Å². The van der Waals surface area contributed by atoms with Crippen molar-refractivity contribution in [1.29, 1.82) is 0 Å². The Hall–Kier alpha value is -2.69. The molecule has 0 radical (unpaired) electrons. The average Bonchev–Trinajstić information content (AvgIpc) is 2.65. The van der Waals surface area contributed by atoms with E-state index in [1.807, 2.05) is 19.1 Å². The molecule has 3 N–H and O–H groups in total. The molecule has 0 heterocycles. The highest BCUT2D eigenvalue weighted by molar-refractivity contribution is 5.79. The number of methoxy groups -OCH3 is 1. The lowest BCUT2D eigenvalue weighted by Crippen LogP contribution is -2.39. The van der Waals surface area contributed by atoms with Gasteiger partial charge in [0, 0.05) is 18.7 Å². The van der Waals surface area contributed by atoms with E-state index >= 15 is 0 Å². The number of aliphatic imine (C=N–C) groups is 1. The van der Waals surface area contributed by atoms with Crippen molar-refractivity contribution in [3.8, 4) is 11.5 Å². The normalized spacial score (nSPS) is 12.5. The summed E-state index contributed by atoms with van der Waals surface area (Å²) in [4.78, 5) is 4.58. The van der Waals surface area contributed by atoms with Crippen LogP contribution in [0.2, 0.25) is 0 Å². The minimum atomic E-state index is 0.141. The number of nitrogens with zero attached hydrogens (tertiary/aromatic N) is 1. The van der Waals surface area contributed by atoms with E-state index in [-0.39, 0.29) is 5.75 Å². The first-order valence-electron chi connectivity index (χ1n) is 8.98. The molecule has 2 rings (SSSR count). The Balaban J connectivity index is 2.01. The predicted molar refractivity (Wildman–Crippen MR) is 107 cm³/mol. The van der Waals surface area contributed by atoms with Crippen LogP contribution in [0.25, 0.3) is 0 Å². The second-order valence-corrected chi connectivity index (χ2v) is 6.36. The van der Waals surface area contributed by atoms with Gasteiger partial charge in [0.1, 0.15) is 0 Å². The first-order chi connectivity index (χ1) is 12.5. The van der Waals surface area contributed by atoms with E-state index in [9.17, 15) is 5.11 Å². The largest absolute Gasteiger partial charge is 0.504 e. The summed E-state index contributed by atoms with van der Waals surface area (Å²) in [6.07, 6.45) is 0. The summed E-state index contributed by atoms with van der Waals surface area (Å²) in [6.45, 7) is 8.24. The molecule has 0 amide bonds. The maximum absolute atomic E-state index is 10.2. The van der Waals surface area contributed by atoms with Crippen molar-refractivity contribution in [1.82, 2.24) is 10.6 Å². The second-order valence-electron chi connectivity index (χ2n) is 6.36. The summed E-state index contributed by atoms with van der Waals surface area (Å²) in [6, 6.07) is 14.0. The first-order valence-corrected chi connectivity index (χ1v) is 8.98. The molecule has 140 valence electrons. The number of nitrogens with one attached hydrogen (secondary N) is 2. The number of aryl methyl sites for hydroxylation is 1. The Labute approximate surface area is 156 Å². The molecule has 0 aliphatic carbocycles. The van der Waals surface area contributed by atoms with Gasteiger partial charge < -0.3 is 20.5 Å². The third-order valence-corrected chi connectivity index (χ3v) is 4.28. The molecule has 2 aromatic rings. The molecule has 5 heteroatoms. The fraction of sp³-hybridized carbons (Fsp3) is 0.381. The maximum atomic E-state index is 10.2. The van der Waals surface area contributed by atoms with E-state index in [2.05, 4.69) is 53.7 Å². The highest BCUT2D eigenvalue weighted by Crippen LogP contribution is 2.29. The number of guanidine groups is 1. The number of rotatable bonds is 7. The number of hydrogen-bond acceptors (Lipinski definition) is 3. The summed E-state index contributed by atoms with van der Waals surface area (Å²) in [5.41, 5.74) is 3.29. The number of aromatic hydroxyl groups is 1. The lowest BCUT2D eigenvalue weighted by atomic mass is 10.0. The minimum absolute atomic E-state index is 0.141. The molecule has 0 saturated carbocycles. The Morgan fingerprint density at radius 3 is 2.54 bits per heavy atom. The highest BCUT2D eigenvalue weighted by Gasteiger charge is 2.09. The zero-order chi connectivity index (χ0) is 18.9. The van der Waals surface area contributed by atoms with Crippen LogP contribution in [0, 0.1) is 6.92 Å². The van der Waals surface area contributed by atoms with Crippen LogP contribution in [0.3, 0.4) is 0 Å². The average molecular weight is 355 g/mol. The Kier molecular flexibility index (Phi) is 7.33. The van der Waals surface area contributed by atoms with Crippen molar-refractivity contribution in [2.24, 2.45) is 4.99 Å². The van der Waals surface area contributed by atoms with E-state index in [4.69, 9.17) is 4.74 Å². The van der Waals surface area contributed by atoms with Crippen molar-refractivity contribution in [3.05, 3.63) is 59.2 Å². The molecule has 2 aromatic carbocycles. The van der Waals surface area contributed by atoms with Crippen LogP contribution in [-0.2, 0) is 6.54 Å². The van der Waals surface area contributed by atoms with E-state index in [1.54, 1.807) is 13.2 Å². The molecule has 26 heavy (non-hydrogen) atoms. The van der Waals surface area contributed by atoms with Gasteiger partial charge >= 0.3 is 0 Å². The predicted octanol–water partition coefficient (Wildman–Crippen LogP) is 3.57. The molecule has 0 saturated heterocycles. The van der Waals surface area contributed by atoms with Gasteiger partial charge in [0.25, 0.3) is 0 Å². The molecule has 1 atom stereocenters. The number of para-hydroxylation sites is 1. The summed E-state index contributed by atoms with van der Waals surface area (Å²) >= 11 is 0. The topological polar surface area (TPSA) is 65.9 Å². The molecule has 0 aliphatic rings. The van der Waals surface area contributed by atoms with Crippen LogP contribution >= 0.6 is 0 Å². The van der Waals surface area contributed by atoms with Gasteiger partial charge in [-0.3, -0.25) is 0 Å². The Morgan fingerprint density at radius 1 is 1.15 bits per heavy atom. The fourth-order valence-corrected chi connectivity index (χ4v) is 2.63. The van der Waals surface area contributed by atoms with Gasteiger partial charge in [0.15, 0.2) is 17.5 Å². The molecule has 1 unspecified atom stereocenters. The molecule has 0 aromatic heterocycles. The van der Waals surface area contributed by atoms with Gasteiger partial charge in [-0.15, -0.1) is 0 Å². The van der Waals surface area contributed by atoms with Gasteiger partial charge in [-0.2, -0.15) is 0 Å². The molecule has 0 fully saturated rings. The van der Waals surface area contributed by atoms with Crippen molar-refractivity contribution < 1.29 is 9.84 Å². The van der Waals surface area contributed by atoms with Gasteiger partial charge in [-0.05, 0) is 31.4 Å². The molecule has 0 aliphatic heterocycles. The quantitative estimate of drug-likeness (QED) is 0.525. The minimum Gasteiger partial charge on any atom is -0.504 e. The first kappa shape index (κ1) is 19.6. The lowest BCUT2D eigenvalue weighted by molar-refractivity contribution is 0.370. The SMILES string of the molecule is CCNC(=NCc1cccc(OC)c1O)NCC(C)c1ccc(C)cc1. The smallest absolute Gasteiger partial charge is 0.191 e. The standard InChI is InChI=1S/C21H29N3O2/c1-5-22-21(23-13-16(3)17-11-9-15(2)10-12-17)24-14-18-7-6-8-19(26-4)20(18)25/h6-12,16,25H,5,13-14H2,1-4H3,(H2,22,23,24). The van der Waals surface area contributed by atoms with Crippen LogP contribution in [0.4, 0.5) is 0 Å². The summed E-state index contributed by atoms with van der Waals surface area (Å²) < 4.78 is 5.15. The van der Waals surface area contributed by atoms with E-state index in [1.165, 1.54) is 11.1 Å². The summed E-state index contributed by atoms with van der Waals surface area (Å²) in [5, 5.41) is 16.8. The van der Waals surface area contributed by atoms with Crippen LogP contribution in [0.15, 0.2) is 47.5 Å². The molecular formula is C21H29N3O2. The van der Waals surface area contributed by atoms with Gasteiger partial charge in [-0.25, -0.2) is 4.99 Å².